The fourth-order valence-corrected chi connectivity index (χ4v) is 3.69. The Morgan fingerprint density at radius 1 is 1.16 bits per heavy atom. The molecule has 1 rings (SSSR count). The van der Waals surface area contributed by atoms with Crippen LogP contribution in [0.1, 0.15) is 66.7 Å². The summed E-state index contributed by atoms with van der Waals surface area (Å²) in [6, 6.07) is 0.468. The van der Waals surface area contributed by atoms with Gasteiger partial charge in [-0.1, -0.05) is 41.0 Å². The zero-order valence-electron chi connectivity index (χ0n) is 13.4. The third-order valence-electron chi connectivity index (χ3n) is 3.96. The van der Waals surface area contributed by atoms with E-state index in [0.717, 1.165) is 19.4 Å². The topological polar surface area (TPSA) is 41.1 Å². The van der Waals surface area contributed by atoms with Crippen LogP contribution in [0.25, 0.3) is 0 Å². The Hall–Kier alpha value is -0.570. The molecule has 112 valence electrons. The molecule has 0 aromatic carbocycles. The van der Waals surface area contributed by atoms with E-state index in [4.69, 9.17) is 0 Å². The Labute approximate surface area is 118 Å². The number of amides is 1. The van der Waals surface area contributed by atoms with Gasteiger partial charge in [0.2, 0.25) is 5.91 Å². The first-order chi connectivity index (χ1) is 8.74. The summed E-state index contributed by atoms with van der Waals surface area (Å²) in [7, 11) is 0. The molecule has 19 heavy (non-hydrogen) atoms. The molecule has 1 amide bonds. The minimum atomic E-state index is 0.134. The number of hydrogen-bond acceptors (Lipinski definition) is 2. The summed E-state index contributed by atoms with van der Waals surface area (Å²) in [4.78, 5) is 11.7. The van der Waals surface area contributed by atoms with Crippen molar-refractivity contribution in [1.29, 1.82) is 0 Å². The van der Waals surface area contributed by atoms with Crippen molar-refractivity contribution in [2.24, 2.45) is 10.8 Å². The van der Waals surface area contributed by atoms with Crippen LogP contribution < -0.4 is 10.6 Å². The van der Waals surface area contributed by atoms with Gasteiger partial charge < -0.3 is 10.6 Å². The average molecular weight is 268 g/mol. The third-order valence-corrected chi connectivity index (χ3v) is 3.96. The van der Waals surface area contributed by atoms with Gasteiger partial charge in [-0.15, -0.1) is 0 Å². The van der Waals surface area contributed by atoms with Gasteiger partial charge >= 0.3 is 0 Å². The molecule has 1 aliphatic carbocycles. The lowest BCUT2D eigenvalue weighted by atomic mass is 9.63. The van der Waals surface area contributed by atoms with Crippen LogP contribution in [0.3, 0.4) is 0 Å². The third kappa shape index (κ3) is 6.42. The summed E-state index contributed by atoms with van der Waals surface area (Å²) < 4.78 is 0. The molecule has 3 nitrogen and oxygen atoms in total. The van der Waals surface area contributed by atoms with E-state index in [0.29, 0.717) is 23.4 Å². The highest BCUT2D eigenvalue weighted by Gasteiger charge is 2.38. The maximum Gasteiger partial charge on any atom is 0.233 e. The lowest BCUT2D eigenvalue weighted by Crippen LogP contribution is -2.47. The van der Waals surface area contributed by atoms with Gasteiger partial charge in [0.05, 0.1) is 6.54 Å². The molecule has 0 aromatic heterocycles. The fraction of sp³-hybridized carbons (Fsp3) is 0.938. The van der Waals surface area contributed by atoms with E-state index in [2.05, 4.69) is 45.3 Å². The Morgan fingerprint density at radius 2 is 1.74 bits per heavy atom. The molecule has 0 aromatic rings. The van der Waals surface area contributed by atoms with Gasteiger partial charge in [-0.25, -0.2) is 0 Å². The number of carbonyl (C=O) groups is 1. The molecule has 0 aliphatic heterocycles. The fourth-order valence-electron chi connectivity index (χ4n) is 3.69. The first kappa shape index (κ1) is 16.5. The summed E-state index contributed by atoms with van der Waals surface area (Å²) in [5, 5.41) is 6.41. The summed E-state index contributed by atoms with van der Waals surface area (Å²) >= 11 is 0. The zero-order chi connectivity index (χ0) is 14.5. The van der Waals surface area contributed by atoms with E-state index in [1.807, 2.05) is 0 Å². The van der Waals surface area contributed by atoms with Crippen LogP contribution in [0, 0.1) is 10.8 Å². The van der Waals surface area contributed by atoms with E-state index in [-0.39, 0.29) is 5.91 Å². The minimum absolute atomic E-state index is 0.134. The second kappa shape index (κ2) is 6.74. The summed E-state index contributed by atoms with van der Waals surface area (Å²) in [5.41, 5.74) is 0.746. The van der Waals surface area contributed by atoms with Gasteiger partial charge in [0.15, 0.2) is 0 Å². The Bertz CT molecular complexity index is 281. The molecular formula is C16H32N2O. The van der Waals surface area contributed by atoms with Crippen LogP contribution in [0.15, 0.2) is 0 Å². The second-order valence-electron chi connectivity index (χ2n) is 7.69. The highest BCUT2D eigenvalue weighted by atomic mass is 16.1. The molecule has 3 heteroatoms. The van der Waals surface area contributed by atoms with E-state index < -0.39 is 0 Å². The maximum absolute atomic E-state index is 11.7. The molecule has 0 spiro atoms. The van der Waals surface area contributed by atoms with Crippen LogP contribution in [0.4, 0.5) is 0 Å². The van der Waals surface area contributed by atoms with Crippen molar-refractivity contribution < 1.29 is 4.79 Å². The van der Waals surface area contributed by atoms with Gasteiger partial charge in [-0.3, -0.25) is 4.79 Å². The molecule has 2 N–H and O–H groups in total. The van der Waals surface area contributed by atoms with E-state index in [1.54, 1.807) is 0 Å². The normalized spacial score (nSPS) is 22.2. The molecule has 1 aliphatic rings. The summed E-state index contributed by atoms with van der Waals surface area (Å²) in [6.07, 6.45) is 5.78. The molecule has 0 unspecified atom stereocenters. The molecule has 0 heterocycles. The lowest BCUT2D eigenvalue weighted by Gasteiger charge is -2.45. The highest BCUT2D eigenvalue weighted by Crippen LogP contribution is 2.45. The SMILES string of the molecule is CCCCNC(=O)CNC1CC(C)(C)CC(C)(C)C1. The standard InChI is InChI=1S/C16H32N2O/c1-6-7-8-17-14(19)11-18-13-9-15(2,3)12-16(4,5)10-13/h13,18H,6-12H2,1-5H3,(H,17,19). The Morgan fingerprint density at radius 3 is 2.26 bits per heavy atom. The van der Waals surface area contributed by atoms with Crippen molar-refractivity contribution >= 4 is 5.91 Å². The van der Waals surface area contributed by atoms with Gasteiger partial charge in [0.25, 0.3) is 0 Å². The molecule has 0 atom stereocenters. The van der Waals surface area contributed by atoms with Crippen molar-refractivity contribution in [3.63, 3.8) is 0 Å². The molecular weight excluding hydrogens is 236 g/mol. The molecule has 0 radical (unpaired) electrons. The van der Waals surface area contributed by atoms with Crippen molar-refractivity contribution in [1.82, 2.24) is 10.6 Å². The molecule has 1 fully saturated rings. The van der Waals surface area contributed by atoms with Crippen molar-refractivity contribution in [2.45, 2.75) is 72.8 Å². The number of carbonyl (C=O) groups excluding carboxylic acids is 1. The van der Waals surface area contributed by atoms with Crippen molar-refractivity contribution in [3.05, 3.63) is 0 Å². The Kier molecular flexibility index (Phi) is 5.84. The van der Waals surface area contributed by atoms with Crippen molar-refractivity contribution in [2.75, 3.05) is 13.1 Å². The van der Waals surface area contributed by atoms with Crippen LogP contribution in [0.2, 0.25) is 0 Å². The quantitative estimate of drug-likeness (QED) is 0.727. The monoisotopic (exact) mass is 268 g/mol. The summed E-state index contributed by atoms with van der Waals surface area (Å²) in [6.45, 7) is 12.7. The van der Waals surface area contributed by atoms with Gasteiger partial charge in [0, 0.05) is 12.6 Å². The first-order valence-corrected chi connectivity index (χ1v) is 7.74. The van der Waals surface area contributed by atoms with Crippen LogP contribution in [-0.2, 0) is 4.79 Å². The van der Waals surface area contributed by atoms with Gasteiger partial charge in [-0.2, -0.15) is 0 Å². The predicted octanol–water partition coefficient (Wildman–Crippen LogP) is 3.10. The first-order valence-electron chi connectivity index (χ1n) is 7.74. The number of nitrogens with one attached hydrogen (secondary N) is 2. The number of unbranched alkanes of at least 4 members (excludes halogenated alkanes) is 1. The van der Waals surface area contributed by atoms with Gasteiger partial charge in [-0.05, 0) is 36.5 Å². The molecule has 0 saturated heterocycles. The zero-order valence-corrected chi connectivity index (χ0v) is 13.4. The highest BCUT2D eigenvalue weighted by molar-refractivity contribution is 5.77. The van der Waals surface area contributed by atoms with E-state index in [9.17, 15) is 4.79 Å². The molecule has 0 bridgehead atoms. The van der Waals surface area contributed by atoms with Crippen LogP contribution in [-0.4, -0.2) is 25.0 Å². The van der Waals surface area contributed by atoms with Crippen LogP contribution >= 0.6 is 0 Å². The summed E-state index contributed by atoms with van der Waals surface area (Å²) in [5.74, 6) is 0.134. The predicted molar refractivity (Wildman–Crippen MR) is 81.1 cm³/mol. The largest absolute Gasteiger partial charge is 0.355 e. The molecule has 1 saturated carbocycles. The maximum atomic E-state index is 11.7. The smallest absolute Gasteiger partial charge is 0.233 e. The van der Waals surface area contributed by atoms with E-state index >= 15 is 0 Å². The second-order valence-corrected chi connectivity index (χ2v) is 7.69. The minimum Gasteiger partial charge on any atom is -0.355 e. The van der Waals surface area contributed by atoms with Crippen molar-refractivity contribution in [3.8, 4) is 0 Å². The lowest BCUT2D eigenvalue weighted by molar-refractivity contribution is -0.120. The number of rotatable bonds is 6. The van der Waals surface area contributed by atoms with Crippen LogP contribution in [0.5, 0.6) is 0 Å². The van der Waals surface area contributed by atoms with Gasteiger partial charge in [0.1, 0.15) is 0 Å². The number of hydrogen-bond donors (Lipinski definition) is 2. The average Bonchev–Trinajstić information content (AvgIpc) is 2.22. The Balaban J connectivity index is 2.34. The van der Waals surface area contributed by atoms with E-state index in [1.165, 1.54) is 19.3 Å².